The van der Waals surface area contributed by atoms with Crippen molar-refractivity contribution in [2.45, 2.75) is 20.8 Å². The first-order valence-corrected chi connectivity index (χ1v) is 20.6. The lowest BCUT2D eigenvalue weighted by Gasteiger charge is -2.33. The molecule has 0 N–H and O–H groups in total. The maximum absolute atomic E-state index is 2.41. The molecule has 0 saturated carbocycles. The fourth-order valence-electron chi connectivity index (χ4n) is 8.17. The first-order valence-electron chi connectivity index (χ1n) is 20.6. The lowest BCUT2D eigenvalue weighted by molar-refractivity contribution is 1.23. The van der Waals surface area contributed by atoms with Crippen molar-refractivity contribution in [1.82, 2.24) is 0 Å². The van der Waals surface area contributed by atoms with Crippen LogP contribution < -0.4 is 14.7 Å². The van der Waals surface area contributed by atoms with Gasteiger partial charge < -0.3 is 14.7 Å². The molecule has 0 aromatic heterocycles. The largest absolute Gasteiger partial charge is 0.310 e. The number of nitrogens with zero attached hydrogens (tertiary/aromatic N) is 3. The van der Waals surface area contributed by atoms with Crippen LogP contribution in [0.1, 0.15) is 16.7 Å². The average Bonchev–Trinajstić information content (AvgIpc) is 3.28. The molecular weight excluding hydrogens is 727 g/mol. The first-order chi connectivity index (χ1) is 29.5. The van der Waals surface area contributed by atoms with Gasteiger partial charge in [-0.25, -0.2) is 0 Å². The Morgan fingerprint density at radius 3 is 0.883 bits per heavy atom. The van der Waals surface area contributed by atoms with Gasteiger partial charge in [0.05, 0.1) is 11.4 Å². The van der Waals surface area contributed by atoms with Crippen molar-refractivity contribution < 1.29 is 0 Å². The van der Waals surface area contributed by atoms with Gasteiger partial charge in [0.15, 0.2) is 0 Å². The number of rotatable bonds is 11. The molecule has 9 rings (SSSR count). The number of hydrogen-bond donors (Lipinski definition) is 0. The maximum Gasteiger partial charge on any atom is 0.0560 e. The van der Waals surface area contributed by atoms with Crippen LogP contribution in [0.5, 0.6) is 0 Å². The highest BCUT2D eigenvalue weighted by atomic mass is 15.2. The molecule has 60 heavy (non-hydrogen) atoms. The minimum Gasteiger partial charge on any atom is -0.310 e. The van der Waals surface area contributed by atoms with Gasteiger partial charge in [-0.1, -0.05) is 146 Å². The van der Waals surface area contributed by atoms with Gasteiger partial charge in [0.2, 0.25) is 0 Å². The Morgan fingerprint density at radius 2 is 0.533 bits per heavy atom. The zero-order valence-corrected chi connectivity index (χ0v) is 34.3. The summed E-state index contributed by atoms with van der Waals surface area (Å²) < 4.78 is 0. The van der Waals surface area contributed by atoms with E-state index in [2.05, 4.69) is 266 Å². The van der Waals surface area contributed by atoms with Crippen LogP contribution in [0.25, 0.3) is 22.3 Å². The van der Waals surface area contributed by atoms with E-state index < -0.39 is 0 Å². The molecule has 0 heterocycles. The summed E-state index contributed by atoms with van der Waals surface area (Å²) in [6, 6.07) is 83.1. The molecular formula is C57H47N3. The van der Waals surface area contributed by atoms with E-state index in [1.165, 1.54) is 16.7 Å². The van der Waals surface area contributed by atoms with Crippen molar-refractivity contribution in [2.75, 3.05) is 14.7 Å². The van der Waals surface area contributed by atoms with Crippen LogP contribution in [0, 0.1) is 20.8 Å². The summed E-state index contributed by atoms with van der Waals surface area (Å²) in [4.78, 5) is 7.19. The summed E-state index contributed by atoms with van der Waals surface area (Å²) in [5, 5.41) is 0. The number of para-hydroxylation sites is 2. The molecule has 3 nitrogen and oxygen atoms in total. The van der Waals surface area contributed by atoms with Crippen molar-refractivity contribution >= 4 is 51.2 Å². The molecule has 0 fully saturated rings. The second kappa shape index (κ2) is 17.1. The third-order valence-corrected chi connectivity index (χ3v) is 10.9. The number of benzene rings is 9. The van der Waals surface area contributed by atoms with Crippen LogP contribution in [-0.2, 0) is 0 Å². The molecule has 0 spiro atoms. The highest BCUT2D eigenvalue weighted by molar-refractivity contribution is 5.95. The highest BCUT2D eigenvalue weighted by Gasteiger charge is 2.24. The number of aryl methyl sites for hydroxylation is 3. The van der Waals surface area contributed by atoms with Gasteiger partial charge in [-0.3, -0.25) is 0 Å². The molecule has 0 unspecified atom stereocenters. The summed E-state index contributed by atoms with van der Waals surface area (Å²) in [5.74, 6) is 0. The third-order valence-electron chi connectivity index (χ3n) is 10.9. The van der Waals surface area contributed by atoms with Crippen LogP contribution in [0.15, 0.2) is 231 Å². The predicted molar refractivity (Wildman–Crippen MR) is 256 cm³/mol. The van der Waals surface area contributed by atoms with Crippen LogP contribution in [0.3, 0.4) is 0 Å². The van der Waals surface area contributed by atoms with E-state index in [4.69, 9.17) is 0 Å². The second-order valence-corrected chi connectivity index (χ2v) is 15.3. The Kier molecular flexibility index (Phi) is 10.8. The molecule has 0 aliphatic rings. The Morgan fingerprint density at radius 1 is 0.233 bits per heavy atom. The van der Waals surface area contributed by atoms with Crippen LogP contribution in [0.4, 0.5) is 51.2 Å². The highest BCUT2D eigenvalue weighted by Crippen LogP contribution is 2.48. The average molecular weight is 774 g/mol. The lowest BCUT2D eigenvalue weighted by atomic mass is 9.99. The SMILES string of the molecule is Cc1cccc(N(c2ccc(-c3ccccc3)c(N(c3ccccc3)c3cccc(C)c3)c2)c2ccc(-c3ccccc3)c(N(c3ccccc3)c3cccc(C)c3)c2)c1. The molecule has 0 amide bonds. The molecule has 290 valence electrons. The van der Waals surface area contributed by atoms with Crippen molar-refractivity contribution in [3.63, 3.8) is 0 Å². The summed E-state index contributed by atoms with van der Waals surface area (Å²) in [7, 11) is 0. The van der Waals surface area contributed by atoms with Gasteiger partial charge in [0.1, 0.15) is 0 Å². The molecule has 0 saturated heterocycles. The van der Waals surface area contributed by atoms with Gasteiger partial charge in [-0.2, -0.15) is 0 Å². The fraction of sp³-hybridized carbons (Fsp3) is 0.0526. The zero-order valence-electron chi connectivity index (χ0n) is 34.3. The van der Waals surface area contributed by atoms with Crippen LogP contribution in [-0.4, -0.2) is 0 Å². The topological polar surface area (TPSA) is 9.72 Å². The van der Waals surface area contributed by atoms with E-state index in [-0.39, 0.29) is 0 Å². The molecule has 0 bridgehead atoms. The Hall–Kier alpha value is -7.62. The first kappa shape index (κ1) is 37.9. The van der Waals surface area contributed by atoms with Crippen molar-refractivity contribution in [3.8, 4) is 22.3 Å². The Labute approximate surface area is 354 Å². The Bertz CT molecular complexity index is 2680. The second-order valence-electron chi connectivity index (χ2n) is 15.3. The quantitative estimate of drug-likeness (QED) is 0.130. The smallest absolute Gasteiger partial charge is 0.0560 e. The summed E-state index contributed by atoms with van der Waals surface area (Å²) >= 11 is 0. The summed E-state index contributed by atoms with van der Waals surface area (Å²) in [6.07, 6.45) is 0. The number of anilines is 9. The minimum absolute atomic E-state index is 1.05. The zero-order chi connectivity index (χ0) is 40.8. The van der Waals surface area contributed by atoms with Crippen LogP contribution in [0.2, 0.25) is 0 Å². The standard InChI is InChI=1S/C57H47N3/c1-42-19-16-30-49(37-42)58(52-33-35-54(45-22-8-4-9-23-45)56(40-52)59(47-26-12-6-13-27-47)50-31-17-20-43(2)38-50)53-34-36-55(46-24-10-5-11-25-46)57(41-53)60(48-28-14-7-15-29-48)51-32-18-21-44(3)39-51/h4-41H,1-3H3. The van der Waals surface area contributed by atoms with E-state index in [0.29, 0.717) is 0 Å². The predicted octanol–water partition coefficient (Wildman–Crippen LogP) is 16.4. The van der Waals surface area contributed by atoms with Crippen molar-refractivity contribution in [2.24, 2.45) is 0 Å². The summed E-state index contributed by atoms with van der Waals surface area (Å²) in [5.41, 5.74) is 17.9. The van der Waals surface area contributed by atoms with Crippen molar-refractivity contribution in [1.29, 1.82) is 0 Å². The van der Waals surface area contributed by atoms with Crippen LogP contribution >= 0.6 is 0 Å². The van der Waals surface area contributed by atoms with E-state index in [1.807, 2.05) is 0 Å². The van der Waals surface area contributed by atoms with E-state index in [0.717, 1.165) is 73.4 Å². The van der Waals surface area contributed by atoms with Gasteiger partial charge in [0, 0.05) is 50.9 Å². The van der Waals surface area contributed by atoms with E-state index >= 15 is 0 Å². The summed E-state index contributed by atoms with van der Waals surface area (Å²) in [6.45, 7) is 6.49. The van der Waals surface area contributed by atoms with Gasteiger partial charge in [-0.05, 0) is 134 Å². The van der Waals surface area contributed by atoms with E-state index in [9.17, 15) is 0 Å². The van der Waals surface area contributed by atoms with Gasteiger partial charge in [-0.15, -0.1) is 0 Å². The van der Waals surface area contributed by atoms with E-state index in [1.54, 1.807) is 0 Å². The molecule has 0 aliphatic carbocycles. The molecule has 0 atom stereocenters. The molecule has 0 aliphatic heterocycles. The molecule has 9 aromatic carbocycles. The van der Waals surface area contributed by atoms with Gasteiger partial charge >= 0.3 is 0 Å². The third kappa shape index (κ3) is 7.94. The lowest BCUT2D eigenvalue weighted by Crippen LogP contribution is -2.16. The fourth-order valence-corrected chi connectivity index (χ4v) is 8.17. The molecule has 9 aromatic rings. The van der Waals surface area contributed by atoms with Crippen molar-refractivity contribution in [3.05, 3.63) is 247 Å². The maximum atomic E-state index is 2.41. The Balaban J connectivity index is 1.32. The molecule has 3 heteroatoms. The molecule has 0 radical (unpaired) electrons. The minimum atomic E-state index is 1.05. The van der Waals surface area contributed by atoms with Gasteiger partial charge in [0.25, 0.3) is 0 Å². The number of hydrogen-bond acceptors (Lipinski definition) is 3. The monoisotopic (exact) mass is 773 g/mol. The normalized spacial score (nSPS) is 10.9.